The van der Waals surface area contributed by atoms with Crippen molar-refractivity contribution < 1.29 is 28.5 Å². The van der Waals surface area contributed by atoms with Gasteiger partial charge >= 0.3 is 5.97 Å². The van der Waals surface area contributed by atoms with Crippen molar-refractivity contribution in [3.63, 3.8) is 0 Å². The van der Waals surface area contributed by atoms with Gasteiger partial charge in [0.2, 0.25) is 0 Å². The SMILES string of the molecule is O=C(COC(=O)c1cc(Cl)c2c(c1)OCCO2)Nc1ccc(N2CCOCC2)cc1. The summed E-state index contributed by atoms with van der Waals surface area (Å²) in [5, 5.41) is 2.96. The minimum Gasteiger partial charge on any atom is -0.486 e. The van der Waals surface area contributed by atoms with E-state index in [-0.39, 0.29) is 10.6 Å². The van der Waals surface area contributed by atoms with Gasteiger partial charge in [-0.15, -0.1) is 0 Å². The van der Waals surface area contributed by atoms with Crippen LogP contribution in [0.15, 0.2) is 36.4 Å². The number of morpholine rings is 1. The molecular weight excluding hydrogens is 412 g/mol. The van der Waals surface area contributed by atoms with Gasteiger partial charge in [-0.1, -0.05) is 11.6 Å². The zero-order valence-corrected chi connectivity index (χ0v) is 16.9. The van der Waals surface area contributed by atoms with Crippen LogP contribution in [0.2, 0.25) is 5.02 Å². The highest BCUT2D eigenvalue weighted by Gasteiger charge is 2.20. The molecule has 1 N–H and O–H groups in total. The van der Waals surface area contributed by atoms with Gasteiger partial charge in [0.05, 0.1) is 23.8 Å². The number of carbonyl (C=O) groups is 2. The van der Waals surface area contributed by atoms with Crippen LogP contribution >= 0.6 is 11.6 Å². The monoisotopic (exact) mass is 432 g/mol. The van der Waals surface area contributed by atoms with Crippen molar-refractivity contribution in [3.05, 3.63) is 47.0 Å². The van der Waals surface area contributed by atoms with Gasteiger partial charge in [0, 0.05) is 24.5 Å². The highest BCUT2D eigenvalue weighted by Crippen LogP contribution is 2.38. The first kappa shape index (κ1) is 20.3. The molecule has 2 heterocycles. The van der Waals surface area contributed by atoms with Crippen LogP contribution in [-0.2, 0) is 14.3 Å². The minimum absolute atomic E-state index is 0.187. The van der Waals surface area contributed by atoms with E-state index in [1.807, 2.05) is 24.3 Å². The minimum atomic E-state index is -0.674. The quantitative estimate of drug-likeness (QED) is 0.727. The third-order valence-electron chi connectivity index (χ3n) is 4.69. The van der Waals surface area contributed by atoms with Crippen LogP contribution in [0.4, 0.5) is 11.4 Å². The Morgan fingerprint density at radius 1 is 1.03 bits per heavy atom. The molecule has 4 rings (SSSR count). The number of amides is 1. The summed E-state index contributed by atoms with van der Waals surface area (Å²) in [6, 6.07) is 10.4. The zero-order valence-electron chi connectivity index (χ0n) is 16.2. The maximum atomic E-state index is 12.3. The largest absolute Gasteiger partial charge is 0.486 e. The van der Waals surface area contributed by atoms with Gasteiger partial charge in [-0.05, 0) is 36.4 Å². The maximum Gasteiger partial charge on any atom is 0.338 e. The van der Waals surface area contributed by atoms with Crippen molar-refractivity contribution >= 4 is 34.9 Å². The third kappa shape index (κ3) is 4.77. The number of carbonyl (C=O) groups excluding carboxylic acids is 2. The second kappa shape index (κ2) is 9.23. The van der Waals surface area contributed by atoms with Gasteiger partial charge in [-0.2, -0.15) is 0 Å². The first-order chi connectivity index (χ1) is 14.6. The molecule has 0 unspecified atom stereocenters. The molecule has 0 bridgehead atoms. The predicted molar refractivity (Wildman–Crippen MR) is 111 cm³/mol. The molecule has 0 aliphatic carbocycles. The predicted octanol–water partition coefficient (Wildman–Crippen LogP) is 2.74. The number of nitrogens with one attached hydrogen (secondary N) is 1. The average Bonchev–Trinajstić information content (AvgIpc) is 2.78. The first-order valence-corrected chi connectivity index (χ1v) is 9.97. The molecule has 2 aliphatic rings. The molecule has 0 atom stereocenters. The Hall–Kier alpha value is -2.97. The summed E-state index contributed by atoms with van der Waals surface area (Å²) in [6.07, 6.45) is 0. The fraction of sp³-hybridized carbons (Fsp3) is 0.333. The Balaban J connectivity index is 1.30. The Morgan fingerprint density at radius 2 is 1.77 bits per heavy atom. The molecule has 158 valence electrons. The summed E-state index contributed by atoms with van der Waals surface area (Å²) < 4.78 is 21.3. The van der Waals surface area contributed by atoms with Crippen molar-refractivity contribution in [2.45, 2.75) is 0 Å². The zero-order chi connectivity index (χ0) is 20.9. The molecule has 2 aromatic carbocycles. The lowest BCUT2D eigenvalue weighted by Crippen LogP contribution is -2.36. The normalized spacial score (nSPS) is 15.4. The number of hydrogen-bond donors (Lipinski definition) is 1. The van der Waals surface area contributed by atoms with Gasteiger partial charge < -0.3 is 29.2 Å². The molecule has 9 heteroatoms. The Bertz CT molecular complexity index is 928. The van der Waals surface area contributed by atoms with E-state index in [0.29, 0.717) is 43.6 Å². The molecule has 2 aromatic rings. The van der Waals surface area contributed by atoms with Gasteiger partial charge in [-0.3, -0.25) is 4.79 Å². The Kier molecular flexibility index (Phi) is 6.25. The van der Waals surface area contributed by atoms with E-state index < -0.39 is 18.5 Å². The van der Waals surface area contributed by atoms with E-state index in [1.165, 1.54) is 12.1 Å². The molecule has 0 spiro atoms. The van der Waals surface area contributed by atoms with Gasteiger partial charge in [-0.25, -0.2) is 4.79 Å². The number of hydrogen-bond acceptors (Lipinski definition) is 7. The van der Waals surface area contributed by atoms with E-state index in [0.717, 1.165) is 18.8 Å². The van der Waals surface area contributed by atoms with Gasteiger partial charge in [0.25, 0.3) is 5.91 Å². The number of benzene rings is 2. The molecule has 1 amide bonds. The van der Waals surface area contributed by atoms with Gasteiger partial charge in [0.1, 0.15) is 13.2 Å². The van der Waals surface area contributed by atoms with Crippen molar-refractivity contribution in [1.82, 2.24) is 0 Å². The molecule has 0 aromatic heterocycles. The lowest BCUT2D eigenvalue weighted by Gasteiger charge is -2.28. The lowest BCUT2D eigenvalue weighted by atomic mass is 10.2. The van der Waals surface area contributed by atoms with E-state index in [4.69, 9.17) is 30.5 Å². The number of esters is 1. The highest BCUT2D eigenvalue weighted by molar-refractivity contribution is 6.32. The average molecular weight is 433 g/mol. The number of rotatable bonds is 5. The number of nitrogens with zero attached hydrogens (tertiary/aromatic N) is 1. The summed E-state index contributed by atoms with van der Waals surface area (Å²) in [4.78, 5) is 26.7. The fourth-order valence-electron chi connectivity index (χ4n) is 3.22. The Morgan fingerprint density at radius 3 is 2.53 bits per heavy atom. The topological polar surface area (TPSA) is 86.3 Å². The van der Waals surface area contributed by atoms with Gasteiger partial charge in [0.15, 0.2) is 18.1 Å². The molecule has 1 saturated heterocycles. The lowest BCUT2D eigenvalue weighted by molar-refractivity contribution is -0.119. The summed E-state index contributed by atoms with van der Waals surface area (Å²) in [5.74, 6) is -0.332. The van der Waals surface area contributed by atoms with E-state index >= 15 is 0 Å². The van der Waals surface area contributed by atoms with Crippen molar-refractivity contribution in [2.24, 2.45) is 0 Å². The summed E-state index contributed by atoms with van der Waals surface area (Å²) in [7, 11) is 0. The second-order valence-corrected chi connectivity index (χ2v) is 7.16. The Labute approximate surface area is 178 Å². The van der Waals surface area contributed by atoms with Crippen molar-refractivity contribution in [3.8, 4) is 11.5 Å². The summed E-state index contributed by atoms with van der Waals surface area (Å²) >= 11 is 6.13. The molecule has 30 heavy (non-hydrogen) atoms. The number of halogens is 1. The fourth-order valence-corrected chi connectivity index (χ4v) is 3.48. The number of ether oxygens (including phenoxy) is 4. The van der Waals surface area contributed by atoms with Crippen LogP contribution in [-0.4, -0.2) is 58.0 Å². The smallest absolute Gasteiger partial charge is 0.338 e. The second-order valence-electron chi connectivity index (χ2n) is 6.75. The van der Waals surface area contributed by atoms with Crippen molar-refractivity contribution in [1.29, 1.82) is 0 Å². The molecule has 0 radical (unpaired) electrons. The van der Waals surface area contributed by atoms with E-state index in [9.17, 15) is 9.59 Å². The van der Waals surface area contributed by atoms with E-state index in [2.05, 4.69) is 10.2 Å². The van der Waals surface area contributed by atoms with Crippen LogP contribution in [0.5, 0.6) is 11.5 Å². The summed E-state index contributed by atoms with van der Waals surface area (Å²) in [5.41, 5.74) is 1.88. The van der Waals surface area contributed by atoms with Crippen LogP contribution in [0.3, 0.4) is 0 Å². The van der Waals surface area contributed by atoms with Crippen LogP contribution in [0.1, 0.15) is 10.4 Å². The maximum absolute atomic E-state index is 12.3. The molecule has 8 nitrogen and oxygen atoms in total. The third-order valence-corrected chi connectivity index (χ3v) is 4.97. The van der Waals surface area contributed by atoms with Crippen LogP contribution in [0.25, 0.3) is 0 Å². The van der Waals surface area contributed by atoms with E-state index in [1.54, 1.807) is 0 Å². The van der Waals surface area contributed by atoms with Crippen LogP contribution in [0, 0.1) is 0 Å². The number of fused-ring (bicyclic) bond motifs is 1. The first-order valence-electron chi connectivity index (χ1n) is 9.59. The molecule has 1 fully saturated rings. The standard InChI is InChI=1S/C21H21ClN2O6/c22-17-11-14(12-18-20(17)29-10-9-28-18)21(26)30-13-19(25)23-15-1-3-16(4-2-15)24-5-7-27-8-6-24/h1-4,11-12H,5-10,13H2,(H,23,25). The van der Waals surface area contributed by atoms with Crippen molar-refractivity contribution in [2.75, 3.05) is 56.3 Å². The molecule has 0 saturated carbocycles. The summed E-state index contributed by atoms with van der Waals surface area (Å²) in [6.45, 7) is 3.43. The van der Waals surface area contributed by atoms with Crippen LogP contribution < -0.4 is 19.7 Å². The highest BCUT2D eigenvalue weighted by atomic mass is 35.5. The molecule has 2 aliphatic heterocycles. The molecular formula is C21H21ClN2O6. The number of anilines is 2.